The third-order valence-corrected chi connectivity index (χ3v) is 5.48. The van der Waals surface area contributed by atoms with Crippen molar-refractivity contribution in [1.82, 2.24) is 4.98 Å². The third-order valence-electron chi connectivity index (χ3n) is 5.48. The molecule has 1 heterocycles. The number of benzene rings is 4. The van der Waals surface area contributed by atoms with Crippen LogP contribution in [0.2, 0.25) is 0 Å². The van der Waals surface area contributed by atoms with Crippen LogP contribution in [0.15, 0.2) is 91.1 Å². The van der Waals surface area contributed by atoms with Crippen LogP contribution >= 0.6 is 0 Å². The Bertz CT molecular complexity index is 1320. The molecule has 0 amide bonds. The summed E-state index contributed by atoms with van der Waals surface area (Å²) in [6, 6.07) is 30.4. The van der Waals surface area contributed by atoms with Gasteiger partial charge in [0.15, 0.2) is 0 Å². The first-order valence-corrected chi connectivity index (χ1v) is 9.65. The normalized spacial score (nSPS) is 11.2. The van der Waals surface area contributed by atoms with Gasteiger partial charge in [-0.3, -0.25) is 4.98 Å². The standard InChI is InChI=1S/C27H21N/c1-18-15-21(20-8-4-3-5-9-20)17-22(16-18)27-26-12-11-23-19(2)7-6-10-24(23)25(26)13-14-28-27/h3-17H,1-2H3. The van der Waals surface area contributed by atoms with Gasteiger partial charge in [0, 0.05) is 17.1 Å². The van der Waals surface area contributed by atoms with E-state index in [1.807, 2.05) is 6.20 Å². The molecule has 5 aromatic rings. The summed E-state index contributed by atoms with van der Waals surface area (Å²) < 4.78 is 0. The van der Waals surface area contributed by atoms with Gasteiger partial charge >= 0.3 is 0 Å². The highest BCUT2D eigenvalue weighted by Crippen LogP contribution is 2.34. The zero-order valence-electron chi connectivity index (χ0n) is 16.1. The van der Waals surface area contributed by atoms with Crippen LogP contribution in [0.4, 0.5) is 0 Å². The number of hydrogen-bond donors (Lipinski definition) is 0. The van der Waals surface area contributed by atoms with Gasteiger partial charge in [-0.25, -0.2) is 0 Å². The second-order valence-corrected chi connectivity index (χ2v) is 7.44. The summed E-state index contributed by atoms with van der Waals surface area (Å²) in [7, 11) is 0. The second-order valence-electron chi connectivity index (χ2n) is 7.44. The van der Waals surface area contributed by atoms with E-state index in [4.69, 9.17) is 4.98 Å². The molecule has 5 rings (SSSR count). The molecule has 0 spiro atoms. The summed E-state index contributed by atoms with van der Waals surface area (Å²) in [6.45, 7) is 4.32. The summed E-state index contributed by atoms with van der Waals surface area (Å²) in [5.74, 6) is 0. The van der Waals surface area contributed by atoms with Crippen molar-refractivity contribution >= 4 is 21.5 Å². The van der Waals surface area contributed by atoms with Crippen molar-refractivity contribution in [2.45, 2.75) is 13.8 Å². The van der Waals surface area contributed by atoms with E-state index >= 15 is 0 Å². The van der Waals surface area contributed by atoms with Crippen LogP contribution in [0.5, 0.6) is 0 Å². The second kappa shape index (κ2) is 6.61. The lowest BCUT2D eigenvalue weighted by atomic mass is 9.94. The van der Waals surface area contributed by atoms with Gasteiger partial charge in [-0.15, -0.1) is 0 Å². The van der Waals surface area contributed by atoms with Crippen molar-refractivity contribution in [1.29, 1.82) is 0 Å². The number of rotatable bonds is 2. The molecule has 0 saturated heterocycles. The number of hydrogen-bond acceptors (Lipinski definition) is 1. The van der Waals surface area contributed by atoms with Crippen molar-refractivity contribution in [3.05, 3.63) is 102 Å². The topological polar surface area (TPSA) is 12.9 Å². The smallest absolute Gasteiger partial charge is 0.0780 e. The van der Waals surface area contributed by atoms with Crippen LogP contribution in [0, 0.1) is 13.8 Å². The molecule has 0 aliphatic carbocycles. The minimum absolute atomic E-state index is 1.04. The van der Waals surface area contributed by atoms with Crippen LogP contribution in [0.3, 0.4) is 0 Å². The Balaban J connectivity index is 1.77. The number of aromatic nitrogens is 1. The van der Waals surface area contributed by atoms with Gasteiger partial charge in [-0.2, -0.15) is 0 Å². The summed E-state index contributed by atoms with van der Waals surface area (Å²) in [5.41, 5.74) is 7.21. The van der Waals surface area contributed by atoms with Crippen LogP contribution in [0.1, 0.15) is 11.1 Å². The minimum Gasteiger partial charge on any atom is -0.256 e. The molecule has 0 bridgehead atoms. The molecule has 0 fully saturated rings. The van der Waals surface area contributed by atoms with E-state index in [1.54, 1.807) is 0 Å². The Morgan fingerprint density at radius 3 is 2.14 bits per heavy atom. The van der Waals surface area contributed by atoms with Gasteiger partial charge in [0.2, 0.25) is 0 Å². The molecule has 0 N–H and O–H groups in total. The molecule has 28 heavy (non-hydrogen) atoms. The highest BCUT2D eigenvalue weighted by molar-refractivity contribution is 6.12. The van der Waals surface area contributed by atoms with E-state index < -0.39 is 0 Å². The fraction of sp³-hybridized carbons (Fsp3) is 0.0741. The lowest BCUT2D eigenvalue weighted by Gasteiger charge is -2.12. The van der Waals surface area contributed by atoms with E-state index in [0.29, 0.717) is 0 Å². The van der Waals surface area contributed by atoms with Crippen LogP contribution < -0.4 is 0 Å². The van der Waals surface area contributed by atoms with Crippen LogP contribution in [-0.2, 0) is 0 Å². The Labute approximate surface area is 165 Å². The fourth-order valence-corrected chi connectivity index (χ4v) is 4.13. The third kappa shape index (κ3) is 2.76. The van der Waals surface area contributed by atoms with Crippen molar-refractivity contribution in [2.75, 3.05) is 0 Å². The number of aryl methyl sites for hydroxylation is 2. The summed E-state index contributed by atoms with van der Waals surface area (Å²) >= 11 is 0. The molecule has 4 aromatic carbocycles. The van der Waals surface area contributed by atoms with Gasteiger partial charge < -0.3 is 0 Å². The molecule has 0 unspecified atom stereocenters. The van der Waals surface area contributed by atoms with Gasteiger partial charge in [-0.05, 0) is 70.5 Å². The number of nitrogens with zero attached hydrogens (tertiary/aromatic N) is 1. The van der Waals surface area contributed by atoms with Crippen LogP contribution in [-0.4, -0.2) is 4.98 Å². The maximum Gasteiger partial charge on any atom is 0.0780 e. The predicted molar refractivity (Wildman–Crippen MR) is 120 cm³/mol. The highest BCUT2D eigenvalue weighted by atomic mass is 14.7. The Morgan fingerprint density at radius 1 is 0.536 bits per heavy atom. The quantitative estimate of drug-likeness (QED) is 0.300. The maximum absolute atomic E-state index is 4.78. The molecular formula is C27H21N. The van der Waals surface area contributed by atoms with Crippen molar-refractivity contribution in [3.8, 4) is 22.4 Å². The fourth-order valence-electron chi connectivity index (χ4n) is 4.13. The highest BCUT2D eigenvalue weighted by Gasteiger charge is 2.11. The summed E-state index contributed by atoms with van der Waals surface area (Å²) in [4.78, 5) is 4.78. The largest absolute Gasteiger partial charge is 0.256 e. The molecule has 0 aliphatic rings. The molecule has 0 atom stereocenters. The van der Waals surface area contributed by atoms with Crippen molar-refractivity contribution < 1.29 is 0 Å². The summed E-state index contributed by atoms with van der Waals surface area (Å²) in [6.07, 6.45) is 1.93. The average molecular weight is 359 g/mol. The Kier molecular flexibility index (Phi) is 3.95. The van der Waals surface area contributed by atoms with Gasteiger partial charge in [0.05, 0.1) is 5.69 Å². The summed E-state index contributed by atoms with van der Waals surface area (Å²) in [5, 5.41) is 5.05. The number of fused-ring (bicyclic) bond motifs is 3. The molecule has 0 aliphatic heterocycles. The van der Waals surface area contributed by atoms with E-state index in [2.05, 4.69) is 98.8 Å². The predicted octanol–water partition coefficient (Wildman–Crippen LogP) is 7.34. The zero-order chi connectivity index (χ0) is 19.1. The lowest BCUT2D eigenvalue weighted by Crippen LogP contribution is -1.90. The van der Waals surface area contributed by atoms with E-state index in [9.17, 15) is 0 Å². The van der Waals surface area contributed by atoms with E-state index in [-0.39, 0.29) is 0 Å². The molecule has 134 valence electrons. The maximum atomic E-state index is 4.78. The molecule has 1 nitrogen and oxygen atoms in total. The first kappa shape index (κ1) is 16.7. The molecule has 0 saturated carbocycles. The van der Waals surface area contributed by atoms with Crippen molar-refractivity contribution in [3.63, 3.8) is 0 Å². The zero-order valence-corrected chi connectivity index (χ0v) is 16.1. The average Bonchev–Trinajstić information content (AvgIpc) is 2.73. The molecule has 0 radical (unpaired) electrons. The van der Waals surface area contributed by atoms with Gasteiger partial charge in [0.1, 0.15) is 0 Å². The van der Waals surface area contributed by atoms with Crippen LogP contribution in [0.25, 0.3) is 43.9 Å². The molecule has 1 aromatic heterocycles. The van der Waals surface area contributed by atoms with E-state index in [1.165, 1.54) is 43.8 Å². The Hall–Kier alpha value is -3.45. The molecule has 1 heteroatoms. The molecular weight excluding hydrogens is 338 g/mol. The SMILES string of the molecule is Cc1cc(-c2ccccc2)cc(-c2nccc3c2ccc2c(C)cccc23)c1. The van der Waals surface area contributed by atoms with Crippen molar-refractivity contribution in [2.24, 2.45) is 0 Å². The van der Waals surface area contributed by atoms with Gasteiger partial charge in [-0.1, -0.05) is 66.7 Å². The van der Waals surface area contributed by atoms with Gasteiger partial charge in [0.25, 0.3) is 0 Å². The number of pyridine rings is 1. The first-order valence-electron chi connectivity index (χ1n) is 9.65. The lowest BCUT2D eigenvalue weighted by molar-refractivity contribution is 1.35. The first-order chi connectivity index (χ1) is 13.7. The minimum atomic E-state index is 1.04. The van der Waals surface area contributed by atoms with E-state index in [0.717, 1.165) is 11.3 Å². The Morgan fingerprint density at radius 2 is 1.29 bits per heavy atom. The monoisotopic (exact) mass is 359 g/mol.